The van der Waals surface area contributed by atoms with E-state index in [9.17, 15) is 22.8 Å². The summed E-state index contributed by atoms with van der Waals surface area (Å²) < 4.78 is 48.1. The van der Waals surface area contributed by atoms with E-state index in [0.29, 0.717) is 17.0 Å². The third-order valence-electron chi connectivity index (χ3n) is 5.39. The lowest BCUT2D eigenvalue weighted by atomic mass is 10.1. The molecule has 0 aliphatic heterocycles. The van der Waals surface area contributed by atoms with Gasteiger partial charge < -0.3 is 9.30 Å². The predicted octanol–water partition coefficient (Wildman–Crippen LogP) is 4.08. The second kappa shape index (κ2) is 8.85. The van der Waals surface area contributed by atoms with Crippen LogP contribution in [0.25, 0.3) is 16.9 Å². The second-order valence-corrected chi connectivity index (χ2v) is 8.37. The zero-order valence-electron chi connectivity index (χ0n) is 18.8. The van der Waals surface area contributed by atoms with Crippen molar-refractivity contribution in [3.05, 3.63) is 86.8 Å². The minimum absolute atomic E-state index is 0.0212. The lowest BCUT2D eigenvalue weighted by Gasteiger charge is -2.14. The standard InChI is InChI=1S/C24H23F3N4O3/c1-15(2)12-30-22(32)20-21(31(23(30)33)18-5-4-6-19(11-18)34-3)28-14-29(20)13-16-7-9-17(10-8-16)24(25,26)27/h4-11,14-15H,12-13H2,1-3H3. The van der Waals surface area contributed by atoms with Crippen LogP contribution in [0, 0.1) is 5.92 Å². The van der Waals surface area contributed by atoms with Crippen LogP contribution in [0.3, 0.4) is 0 Å². The first-order valence-electron chi connectivity index (χ1n) is 10.6. The van der Waals surface area contributed by atoms with Crippen LogP contribution in [-0.4, -0.2) is 25.8 Å². The molecule has 0 saturated carbocycles. The Hall–Kier alpha value is -3.82. The highest BCUT2D eigenvalue weighted by atomic mass is 19.4. The molecule has 0 unspecified atom stereocenters. The normalized spacial score (nSPS) is 12.0. The molecule has 2 aromatic carbocycles. The van der Waals surface area contributed by atoms with Crippen molar-refractivity contribution in [2.75, 3.05) is 7.11 Å². The SMILES string of the molecule is COc1cccc(-n2c(=O)n(CC(C)C)c(=O)c3c2ncn3Cc2ccc(C(F)(F)F)cc2)c1. The average molecular weight is 472 g/mol. The Morgan fingerprint density at radius 2 is 1.76 bits per heavy atom. The highest BCUT2D eigenvalue weighted by Gasteiger charge is 2.30. The Kier molecular flexibility index (Phi) is 6.07. The van der Waals surface area contributed by atoms with Crippen molar-refractivity contribution in [3.8, 4) is 11.4 Å². The molecule has 34 heavy (non-hydrogen) atoms. The lowest BCUT2D eigenvalue weighted by Crippen LogP contribution is -2.41. The van der Waals surface area contributed by atoms with Gasteiger partial charge in [0.1, 0.15) is 5.75 Å². The summed E-state index contributed by atoms with van der Waals surface area (Å²) in [6.07, 6.45) is -3.02. The molecule has 0 radical (unpaired) electrons. The fourth-order valence-electron chi connectivity index (χ4n) is 3.80. The summed E-state index contributed by atoms with van der Waals surface area (Å²) in [6, 6.07) is 11.6. The van der Waals surface area contributed by atoms with E-state index in [1.54, 1.807) is 28.8 Å². The molecule has 0 spiro atoms. The van der Waals surface area contributed by atoms with Gasteiger partial charge in [0.05, 0.1) is 24.7 Å². The van der Waals surface area contributed by atoms with E-state index in [0.717, 1.165) is 16.7 Å². The minimum atomic E-state index is -4.43. The number of halogens is 3. The highest BCUT2D eigenvalue weighted by molar-refractivity contribution is 5.72. The Morgan fingerprint density at radius 3 is 2.38 bits per heavy atom. The quantitative estimate of drug-likeness (QED) is 0.424. The monoisotopic (exact) mass is 472 g/mol. The highest BCUT2D eigenvalue weighted by Crippen LogP contribution is 2.29. The molecule has 0 aliphatic carbocycles. The molecule has 2 aromatic heterocycles. The molecule has 10 heteroatoms. The Balaban J connectivity index is 1.90. The fourth-order valence-corrected chi connectivity index (χ4v) is 3.80. The first-order valence-corrected chi connectivity index (χ1v) is 10.6. The Bertz CT molecular complexity index is 1450. The van der Waals surface area contributed by atoms with Crippen molar-refractivity contribution in [1.82, 2.24) is 18.7 Å². The summed E-state index contributed by atoms with van der Waals surface area (Å²) in [5.41, 5.74) is -0.402. The third-order valence-corrected chi connectivity index (χ3v) is 5.39. The van der Waals surface area contributed by atoms with Gasteiger partial charge >= 0.3 is 11.9 Å². The summed E-state index contributed by atoms with van der Waals surface area (Å²) in [5, 5.41) is 0. The molecular weight excluding hydrogens is 449 g/mol. The zero-order chi connectivity index (χ0) is 24.6. The molecule has 0 N–H and O–H groups in total. The van der Waals surface area contributed by atoms with Crippen LogP contribution in [0.2, 0.25) is 0 Å². The van der Waals surface area contributed by atoms with Gasteiger partial charge in [-0.3, -0.25) is 9.36 Å². The molecule has 7 nitrogen and oxygen atoms in total. The molecule has 178 valence electrons. The molecule has 2 heterocycles. The second-order valence-electron chi connectivity index (χ2n) is 8.37. The molecule has 4 rings (SSSR count). The number of alkyl halides is 3. The Labute approximate surface area is 192 Å². The number of methoxy groups -OCH3 is 1. The van der Waals surface area contributed by atoms with Crippen LogP contribution in [0.15, 0.2) is 64.4 Å². The van der Waals surface area contributed by atoms with Gasteiger partial charge in [0.2, 0.25) is 0 Å². The number of nitrogens with zero attached hydrogens (tertiary/aromatic N) is 4. The van der Waals surface area contributed by atoms with Gasteiger partial charge in [-0.2, -0.15) is 13.2 Å². The number of benzene rings is 2. The molecule has 0 fully saturated rings. The summed E-state index contributed by atoms with van der Waals surface area (Å²) in [6.45, 7) is 4.10. The molecule has 0 atom stereocenters. The van der Waals surface area contributed by atoms with Crippen molar-refractivity contribution in [1.29, 1.82) is 0 Å². The first kappa shape index (κ1) is 23.3. The number of imidazole rings is 1. The number of fused-ring (bicyclic) bond motifs is 1. The molecule has 0 aliphatic rings. The van der Waals surface area contributed by atoms with Crippen LogP contribution >= 0.6 is 0 Å². The first-order chi connectivity index (χ1) is 16.1. The van der Waals surface area contributed by atoms with Crippen molar-refractivity contribution in [3.63, 3.8) is 0 Å². The maximum atomic E-state index is 13.4. The third kappa shape index (κ3) is 4.35. The largest absolute Gasteiger partial charge is 0.497 e. The van der Waals surface area contributed by atoms with Crippen LogP contribution in [0.5, 0.6) is 5.75 Å². The molecule has 0 bridgehead atoms. The van der Waals surface area contributed by atoms with Gasteiger partial charge in [0.25, 0.3) is 5.56 Å². The van der Waals surface area contributed by atoms with E-state index in [1.165, 1.54) is 30.1 Å². The van der Waals surface area contributed by atoms with Crippen LogP contribution in [0.1, 0.15) is 25.0 Å². The van der Waals surface area contributed by atoms with Crippen LogP contribution in [-0.2, 0) is 19.3 Å². The molecular formula is C24H23F3N4O3. The van der Waals surface area contributed by atoms with Crippen LogP contribution < -0.4 is 16.0 Å². The number of ether oxygens (including phenoxy) is 1. The van der Waals surface area contributed by atoms with E-state index in [-0.39, 0.29) is 30.2 Å². The molecule has 0 saturated heterocycles. The van der Waals surface area contributed by atoms with E-state index in [4.69, 9.17) is 4.74 Å². The van der Waals surface area contributed by atoms with E-state index in [2.05, 4.69) is 4.98 Å². The topological polar surface area (TPSA) is 71.1 Å². The Morgan fingerprint density at radius 1 is 1.06 bits per heavy atom. The van der Waals surface area contributed by atoms with Gasteiger partial charge in [-0.15, -0.1) is 0 Å². The predicted molar refractivity (Wildman–Crippen MR) is 122 cm³/mol. The van der Waals surface area contributed by atoms with Gasteiger partial charge in [-0.25, -0.2) is 14.3 Å². The van der Waals surface area contributed by atoms with Gasteiger partial charge in [0, 0.05) is 19.2 Å². The summed E-state index contributed by atoms with van der Waals surface area (Å²) in [7, 11) is 1.51. The van der Waals surface area contributed by atoms with E-state index in [1.807, 2.05) is 13.8 Å². The van der Waals surface area contributed by atoms with Crippen molar-refractivity contribution in [2.24, 2.45) is 5.92 Å². The summed E-state index contributed by atoms with van der Waals surface area (Å²) in [5.74, 6) is 0.552. The maximum absolute atomic E-state index is 13.4. The average Bonchev–Trinajstić information content (AvgIpc) is 3.19. The minimum Gasteiger partial charge on any atom is -0.497 e. The number of hydrogen-bond acceptors (Lipinski definition) is 4. The van der Waals surface area contributed by atoms with Crippen molar-refractivity contribution < 1.29 is 17.9 Å². The van der Waals surface area contributed by atoms with Gasteiger partial charge in [-0.1, -0.05) is 32.0 Å². The smallest absolute Gasteiger partial charge is 0.416 e. The van der Waals surface area contributed by atoms with Gasteiger partial charge in [-0.05, 0) is 35.7 Å². The molecule has 0 amide bonds. The van der Waals surface area contributed by atoms with E-state index >= 15 is 0 Å². The van der Waals surface area contributed by atoms with E-state index < -0.39 is 23.0 Å². The fraction of sp³-hybridized carbons (Fsp3) is 0.292. The van der Waals surface area contributed by atoms with Crippen molar-refractivity contribution >= 4 is 11.2 Å². The maximum Gasteiger partial charge on any atom is 0.416 e. The summed E-state index contributed by atoms with van der Waals surface area (Å²) in [4.78, 5) is 31.1. The molecule has 4 aromatic rings. The van der Waals surface area contributed by atoms with Gasteiger partial charge in [0.15, 0.2) is 11.2 Å². The number of aromatic nitrogens is 4. The van der Waals surface area contributed by atoms with Crippen LogP contribution in [0.4, 0.5) is 13.2 Å². The number of rotatable bonds is 6. The number of hydrogen-bond donors (Lipinski definition) is 0. The lowest BCUT2D eigenvalue weighted by molar-refractivity contribution is -0.137. The zero-order valence-corrected chi connectivity index (χ0v) is 18.8. The van der Waals surface area contributed by atoms with Crippen molar-refractivity contribution in [2.45, 2.75) is 33.1 Å². The summed E-state index contributed by atoms with van der Waals surface area (Å²) >= 11 is 0.